The molecule has 0 amide bonds. The number of ether oxygens (including phenoxy) is 2. The summed E-state index contributed by atoms with van der Waals surface area (Å²) in [6, 6.07) is 0. The molecule has 150 valence electrons. The third kappa shape index (κ3) is 10.9. The van der Waals surface area contributed by atoms with Crippen molar-refractivity contribution in [1.29, 1.82) is 0 Å². The number of carbonyl (C=O) groups excluding carboxylic acids is 1. The van der Waals surface area contributed by atoms with Crippen LogP contribution in [0.4, 0.5) is 0 Å². The van der Waals surface area contributed by atoms with Gasteiger partial charge in [-0.2, -0.15) is 0 Å². The molecule has 1 atom stereocenters. The summed E-state index contributed by atoms with van der Waals surface area (Å²) in [6.07, 6.45) is 12.2. The number of unbranched alkanes of at least 4 members (excludes halogenated alkanes) is 9. The molecular weight excluding hydrogens is 350 g/mol. The molecule has 0 saturated heterocycles. The smallest absolute Gasteiger partial charge is 0.357 e. The van der Waals surface area contributed by atoms with E-state index in [1.165, 1.54) is 62.7 Å². The van der Waals surface area contributed by atoms with E-state index in [1.807, 2.05) is 0 Å². The first-order valence-corrected chi connectivity index (χ1v) is 11.0. The van der Waals surface area contributed by atoms with Gasteiger partial charge in [-0.25, -0.2) is 9.78 Å². The lowest BCUT2D eigenvalue weighted by molar-refractivity contribution is -0.0983. The molecule has 0 aliphatic carbocycles. The monoisotopic (exact) mass is 385 g/mol. The summed E-state index contributed by atoms with van der Waals surface area (Å²) in [5.41, 5.74) is 0.300. The van der Waals surface area contributed by atoms with Crippen LogP contribution in [0.2, 0.25) is 0 Å². The molecule has 1 unspecified atom stereocenters. The van der Waals surface area contributed by atoms with E-state index in [1.54, 1.807) is 12.3 Å². The Bertz CT molecular complexity index is 478. The van der Waals surface area contributed by atoms with E-state index in [2.05, 4.69) is 11.9 Å². The minimum Gasteiger partial charge on any atom is -0.461 e. The predicted molar refractivity (Wildman–Crippen MR) is 106 cm³/mol. The molecule has 0 saturated carbocycles. The average molecular weight is 386 g/mol. The van der Waals surface area contributed by atoms with Crippen molar-refractivity contribution in [1.82, 2.24) is 4.98 Å². The Hall–Kier alpha value is -0.980. The van der Waals surface area contributed by atoms with Crippen LogP contribution in [0.25, 0.3) is 0 Å². The van der Waals surface area contributed by atoms with E-state index >= 15 is 0 Å². The molecule has 6 heteroatoms. The van der Waals surface area contributed by atoms with E-state index in [4.69, 9.17) is 9.47 Å². The van der Waals surface area contributed by atoms with Crippen molar-refractivity contribution in [2.75, 3.05) is 13.2 Å². The van der Waals surface area contributed by atoms with Crippen molar-refractivity contribution in [3.63, 3.8) is 0 Å². The zero-order valence-corrected chi connectivity index (χ0v) is 17.2. The van der Waals surface area contributed by atoms with E-state index in [9.17, 15) is 9.90 Å². The Balaban J connectivity index is 2.00. The fourth-order valence-electron chi connectivity index (χ4n) is 2.72. The highest BCUT2D eigenvalue weighted by molar-refractivity contribution is 7.09. The van der Waals surface area contributed by atoms with Gasteiger partial charge in [-0.15, -0.1) is 11.3 Å². The topological polar surface area (TPSA) is 68.7 Å². The van der Waals surface area contributed by atoms with Gasteiger partial charge in [-0.3, -0.25) is 0 Å². The third-order valence-electron chi connectivity index (χ3n) is 4.19. The maximum Gasteiger partial charge on any atom is 0.357 e. The highest BCUT2D eigenvalue weighted by Crippen LogP contribution is 2.14. The van der Waals surface area contributed by atoms with Crippen LogP contribution in [0, 0.1) is 0 Å². The molecule has 26 heavy (non-hydrogen) atoms. The van der Waals surface area contributed by atoms with E-state index in [0.29, 0.717) is 30.3 Å². The molecule has 0 fully saturated rings. The Morgan fingerprint density at radius 3 is 2.31 bits per heavy atom. The molecule has 5 nitrogen and oxygen atoms in total. The highest BCUT2D eigenvalue weighted by atomic mass is 32.1. The first-order valence-electron chi connectivity index (χ1n) is 10.1. The lowest BCUT2D eigenvalue weighted by Crippen LogP contribution is -2.16. The molecule has 1 aromatic rings. The van der Waals surface area contributed by atoms with Crippen molar-refractivity contribution in [3.8, 4) is 0 Å². The SMILES string of the molecule is CCCCCCCCCCCCOC(O)Cc1nc(C(=O)OCC)cs1. The van der Waals surface area contributed by atoms with E-state index < -0.39 is 12.3 Å². The minimum atomic E-state index is -0.866. The third-order valence-corrected chi connectivity index (χ3v) is 5.06. The number of hydrogen-bond acceptors (Lipinski definition) is 6. The Morgan fingerprint density at radius 1 is 1.08 bits per heavy atom. The van der Waals surface area contributed by atoms with Gasteiger partial charge in [0.2, 0.25) is 0 Å². The molecule has 0 spiro atoms. The minimum absolute atomic E-state index is 0.300. The van der Waals surface area contributed by atoms with Crippen molar-refractivity contribution in [3.05, 3.63) is 16.1 Å². The van der Waals surface area contributed by atoms with Gasteiger partial charge >= 0.3 is 5.97 Å². The van der Waals surface area contributed by atoms with Gasteiger partial charge in [0, 0.05) is 12.0 Å². The molecule has 0 aromatic carbocycles. The number of aromatic nitrogens is 1. The molecule has 0 bridgehead atoms. The van der Waals surface area contributed by atoms with E-state index in [0.717, 1.165) is 12.8 Å². The van der Waals surface area contributed by atoms with Gasteiger partial charge in [0.25, 0.3) is 0 Å². The summed E-state index contributed by atoms with van der Waals surface area (Å²) in [6.45, 7) is 4.90. The molecule has 1 N–H and O–H groups in total. The number of rotatable bonds is 16. The molecule has 1 aromatic heterocycles. The van der Waals surface area contributed by atoms with Crippen LogP contribution in [-0.2, 0) is 15.9 Å². The quantitative estimate of drug-likeness (QED) is 0.243. The Labute approximate surface area is 162 Å². The van der Waals surface area contributed by atoms with Gasteiger partial charge in [0.15, 0.2) is 12.0 Å². The van der Waals surface area contributed by atoms with Gasteiger partial charge in [0.1, 0.15) is 0 Å². The van der Waals surface area contributed by atoms with Gasteiger partial charge in [-0.05, 0) is 13.3 Å². The predicted octanol–water partition coefficient (Wildman–Crippen LogP) is 5.12. The van der Waals surface area contributed by atoms with Crippen molar-refractivity contribution < 1.29 is 19.4 Å². The summed E-state index contributed by atoms with van der Waals surface area (Å²) in [4.78, 5) is 15.7. The van der Waals surface area contributed by atoms with Crippen LogP contribution in [0.15, 0.2) is 5.38 Å². The first-order chi connectivity index (χ1) is 12.7. The van der Waals surface area contributed by atoms with Crippen molar-refractivity contribution in [2.24, 2.45) is 0 Å². The van der Waals surface area contributed by atoms with Crippen LogP contribution in [0.5, 0.6) is 0 Å². The number of hydrogen-bond donors (Lipinski definition) is 1. The summed E-state index contributed by atoms with van der Waals surface area (Å²) in [5, 5.41) is 12.3. The van der Waals surface area contributed by atoms with E-state index in [-0.39, 0.29) is 0 Å². The zero-order valence-electron chi connectivity index (χ0n) is 16.4. The second-order valence-electron chi connectivity index (χ2n) is 6.56. The first kappa shape index (κ1) is 23.1. The highest BCUT2D eigenvalue weighted by Gasteiger charge is 2.14. The van der Waals surface area contributed by atoms with Crippen LogP contribution >= 0.6 is 11.3 Å². The van der Waals surface area contributed by atoms with Gasteiger partial charge in [0.05, 0.1) is 18.0 Å². The van der Waals surface area contributed by atoms with Crippen molar-refractivity contribution >= 4 is 17.3 Å². The summed E-state index contributed by atoms with van der Waals surface area (Å²) < 4.78 is 10.3. The molecule has 0 aliphatic rings. The second-order valence-corrected chi connectivity index (χ2v) is 7.50. The largest absolute Gasteiger partial charge is 0.461 e. The average Bonchev–Trinajstić information content (AvgIpc) is 3.08. The molecular formula is C20H35NO4S. The molecule has 0 aliphatic heterocycles. The molecule has 0 radical (unpaired) electrons. The Kier molecular flexibility index (Phi) is 13.4. The maximum absolute atomic E-state index is 11.6. The standard InChI is InChI=1S/C20H35NO4S/c1-3-5-6-7-8-9-10-11-12-13-14-25-19(22)15-18-21-17(16-26-18)20(23)24-4-2/h16,19,22H,3-15H2,1-2H3. The number of thiazole rings is 1. The number of aliphatic hydroxyl groups excluding tert-OH is 1. The van der Waals surface area contributed by atoms with Crippen LogP contribution in [-0.4, -0.2) is 35.6 Å². The lowest BCUT2D eigenvalue weighted by atomic mass is 10.1. The number of esters is 1. The summed E-state index contributed by atoms with van der Waals surface area (Å²) in [7, 11) is 0. The fourth-order valence-corrected chi connectivity index (χ4v) is 3.51. The maximum atomic E-state index is 11.6. The lowest BCUT2D eigenvalue weighted by Gasteiger charge is -2.10. The fraction of sp³-hybridized carbons (Fsp3) is 0.800. The number of nitrogens with zero attached hydrogens (tertiary/aromatic N) is 1. The van der Waals surface area contributed by atoms with Gasteiger partial charge in [-0.1, -0.05) is 64.7 Å². The van der Waals surface area contributed by atoms with Crippen LogP contribution in [0.1, 0.15) is 93.6 Å². The van der Waals surface area contributed by atoms with Gasteiger partial charge < -0.3 is 14.6 Å². The van der Waals surface area contributed by atoms with Crippen LogP contribution in [0.3, 0.4) is 0 Å². The number of aliphatic hydroxyl groups is 1. The summed E-state index contributed by atoms with van der Waals surface area (Å²) in [5.74, 6) is -0.421. The van der Waals surface area contributed by atoms with Crippen molar-refractivity contribution in [2.45, 2.75) is 90.8 Å². The van der Waals surface area contributed by atoms with Crippen LogP contribution < -0.4 is 0 Å². The normalized spacial score (nSPS) is 12.3. The molecule has 1 rings (SSSR count). The molecule has 1 heterocycles. The summed E-state index contributed by atoms with van der Waals surface area (Å²) >= 11 is 1.34. The number of carbonyl (C=O) groups is 1. The Morgan fingerprint density at radius 2 is 1.69 bits per heavy atom. The zero-order chi connectivity index (χ0) is 19.0. The second kappa shape index (κ2) is 15.1.